The van der Waals surface area contributed by atoms with Gasteiger partial charge in [-0.15, -0.1) is 0 Å². The molecule has 1 aromatic heterocycles. The van der Waals surface area contributed by atoms with Gasteiger partial charge >= 0.3 is 5.97 Å². The number of aromatic nitrogens is 1. The Morgan fingerprint density at radius 2 is 1.96 bits per heavy atom. The number of para-hydroxylation sites is 1. The molecule has 1 heterocycles. The third-order valence-electron chi connectivity index (χ3n) is 3.92. The van der Waals surface area contributed by atoms with Crippen LogP contribution in [0, 0.1) is 12.7 Å². The zero-order valence-electron chi connectivity index (χ0n) is 13.2. The zero-order chi connectivity index (χ0) is 16.4. The van der Waals surface area contributed by atoms with Crippen molar-refractivity contribution < 1.29 is 13.9 Å². The van der Waals surface area contributed by atoms with Crippen LogP contribution < -0.4 is 0 Å². The molecule has 0 aliphatic heterocycles. The predicted molar refractivity (Wildman–Crippen MR) is 88.1 cm³/mol. The Kier molecular flexibility index (Phi) is 4.15. The Labute approximate surface area is 134 Å². The zero-order valence-corrected chi connectivity index (χ0v) is 13.2. The van der Waals surface area contributed by atoms with Crippen LogP contribution in [0.25, 0.3) is 10.9 Å². The molecule has 4 heteroatoms. The van der Waals surface area contributed by atoms with Crippen molar-refractivity contribution in [2.24, 2.45) is 0 Å². The maximum Gasteiger partial charge on any atom is 0.355 e. The van der Waals surface area contributed by atoms with Crippen LogP contribution in [-0.4, -0.2) is 17.1 Å². The first-order valence-corrected chi connectivity index (χ1v) is 7.61. The van der Waals surface area contributed by atoms with Gasteiger partial charge < -0.3 is 9.30 Å². The number of carbonyl (C=O) groups is 1. The summed E-state index contributed by atoms with van der Waals surface area (Å²) >= 11 is 0. The summed E-state index contributed by atoms with van der Waals surface area (Å²) in [5, 5.41) is 1.01. The summed E-state index contributed by atoms with van der Waals surface area (Å²) in [7, 11) is 0. The molecular formula is C19H18FNO2. The minimum atomic E-state index is -0.349. The van der Waals surface area contributed by atoms with E-state index in [1.165, 1.54) is 12.1 Å². The van der Waals surface area contributed by atoms with E-state index in [1.54, 1.807) is 13.0 Å². The van der Waals surface area contributed by atoms with Crippen LogP contribution in [0.2, 0.25) is 0 Å². The number of carbonyl (C=O) groups excluding carboxylic acids is 1. The van der Waals surface area contributed by atoms with Crippen molar-refractivity contribution in [3.05, 3.63) is 71.2 Å². The van der Waals surface area contributed by atoms with E-state index in [2.05, 4.69) is 0 Å². The summed E-state index contributed by atoms with van der Waals surface area (Å²) in [6.07, 6.45) is 0. The van der Waals surface area contributed by atoms with Crippen LogP contribution >= 0.6 is 0 Å². The van der Waals surface area contributed by atoms with Gasteiger partial charge in [-0.2, -0.15) is 0 Å². The van der Waals surface area contributed by atoms with Crippen molar-refractivity contribution in [2.75, 3.05) is 6.61 Å². The van der Waals surface area contributed by atoms with Gasteiger partial charge in [-0.3, -0.25) is 0 Å². The Morgan fingerprint density at radius 1 is 1.17 bits per heavy atom. The summed E-state index contributed by atoms with van der Waals surface area (Å²) in [5.41, 5.74) is 3.15. The van der Waals surface area contributed by atoms with Gasteiger partial charge in [0.15, 0.2) is 0 Å². The largest absolute Gasteiger partial charge is 0.461 e. The molecule has 0 amide bonds. The molecule has 0 fully saturated rings. The van der Waals surface area contributed by atoms with E-state index < -0.39 is 0 Å². The minimum absolute atomic E-state index is 0.284. The SMILES string of the molecule is CCOC(=O)c1c(C)c2ccccc2n1Cc1cccc(F)c1. The van der Waals surface area contributed by atoms with Gasteiger partial charge in [0, 0.05) is 17.4 Å². The fourth-order valence-corrected chi connectivity index (χ4v) is 2.92. The third kappa shape index (κ3) is 2.84. The number of aryl methyl sites for hydroxylation is 1. The monoisotopic (exact) mass is 311 g/mol. The van der Waals surface area contributed by atoms with Crippen molar-refractivity contribution >= 4 is 16.9 Å². The molecule has 0 aliphatic carbocycles. The molecule has 3 rings (SSSR count). The molecule has 0 saturated heterocycles. The van der Waals surface area contributed by atoms with Gasteiger partial charge in [0.05, 0.1) is 6.61 Å². The first kappa shape index (κ1) is 15.3. The highest BCUT2D eigenvalue weighted by Gasteiger charge is 2.21. The van der Waals surface area contributed by atoms with E-state index in [0.29, 0.717) is 18.8 Å². The second kappa shape index (κ2) is 6.24. The molecule has 118 valence electrons. The average Bonchev–Trinajstić information content (AvgIpc) is 2.81. The van der Waals surface area contributed by atoms with E-state index in [4.69, 9.17) is 4.74 Å². The maximum atomic E-state index is 13.5. The lowest BCUT2D eigenvalue weighted by molar-refractivity contribution is 0.0514. The Bertz CT molecular complexity index is 867. The lowest BCUT2D eigenvalue weighted by Gasteiger charge is -2.11. The molecule has 0 bridgehead atoms. The van der Waals surface area contributed by atoms with Crippen LogP contribution in [0.3, 0.4) is 0 Å². The van der Waals surface area contributed by atoms with E-state index >= 15 is 0 Å². The quantitative estimate of drug-likeness (QED) is 0.672. The van der Waals surface area contributed by atoms with Gasteiger partial charge in [0.25, 0.3) is 0 Å². The highest BCUT2D eigenvalue weighted by atomic mass is 19.1. The molecule has 0 spiro atoms. The van der Waals surface area contributed by atoms with Gasteiger partial charge in [0.2, 0.25) is 0 Å². The summed E-state index contributed by atoms with van der Waals surface area (Å²) < 4.78 is 20.6. The number of nitrogens with zero attached hydrogens (tertiary/aromatic N) is 1. The number of halogens is 1. The van der Waals surface area contributed by atoms with Gasteiger partial charge in [0.1, 0.15) is 11.5 Å². The van der Waals surface area contributed by atoms with Crippen molar-refractivity contribution in [1.82, 2.24) is 4.57 Å². The predicted octanol–water partition coefficient (Wildman–Crippen LogP) is 4.31. The van der Waals surface area contributed by atoms with Gasteiger partial charge in [-0.05, 0) is 43.2 Å². The molecule has 0 unspecified atom stereocenters. The lowest BCUT2D eigenvalue weighted by atomic mass is 10.1. The summed E-state index contributed by atoms with van der Waals surface area (Å²) in [4.78, 5) is 12.4. The summed E-state index contributed by atoms with van der Waals surface area (Å²) in [6, 6.07) is 14.2. The number of esters is 1. The van der Waals surface area contributed by atoms with E-state index in [0.717, 1.165) is 22.0 Å². The molecule has 0 N–H and O–H groups in total. The third-order valence-corrected chi connectivity index (χ3v) is 3.92. The number of rotatable bonds is 4. The molecule has 3 nitrogen and oxygen atoms in total. The second-order valence-corrected chi connectivity index (χ2v) is 5.43. The van der Waals surface area contributed by atoms with Gasteiger partial charge in [-0.25, -0.2) is 9.18 Å². The van der Waals surface area contributed by atoms with Crippen LogP contribution in [0.4, 0.5) is 4.39 Å². The summed E-state index contributed by atoms with van der Waals surface area (Å²) in [5.74, 6) is -0.633. The molecule has 2 aromatic carbocycles. The van der Waals surface area contributed by atoms with Crippen molar-refractivity contribution in [2.45, 2.75) is 20.4 Å². The lowest BCUT2D eigenvalue weighted by Crippen LogP contribution is -2.14. The molecular weight excluding hydrogens is 293 g/mol. The highest BCUT2D eigenvalue weighted by molar-refractivity contribution is 5.99. The molecule has 23 heavy (non-hydrogen) atoms. The van der Waals surface area contributed by atoms with Crippen LogP contribution in [0.15, 0.2) is 48.5 Å². The molecule has 3 aromatic rings. The van der Waals surface area contributed by atoms with Crippen molar-refractivity contribution in [3.8, 4) is 0 Å². The molecule has 0 atom stereocenters. The van der Waals surface area contributed by atoms with Crippen molar-refractivity contribution in [3.63, 3.8) is 0 Å². The van der Waals surface area contributed by atoms with E-state index in [9.17, 15) is 9.18 Å². The number of ether oxygens (including phenoxy) is 1. The Morgan fingerprint density at radius 3 is 2.70 bits per heavy atom. The minimum Gasteiger partial charge on any atom is -0.461 e. The van der Waals surface area contributed by atoms with Crippen molar-refractivity contribution in [1.29, 1.82) is 0 Å². The fraction of sp³-hybridized carbons (Fsp3) is 0.211. The number of hydrogen-bond acceptors (Lipinski definition) is 2. The Balaban J connectivity index is 2.17. The topological polar surface area (TPSA) is 31.2 Å². The molecule has 0 radical (unpaired) electrons. The van der Waals surface area contributed by atoms with Crippen LogP contribution in [0.1, 0.15) is 28.5 Å². The standard InChI is InChI=1S/C19H18FNO2/c1-3-23-19(22)18-13(2)16-9-4-5-10-17(16)21(18)12-14-7-6-8-15(20)11-14/h4-11H,3,12H2,1-2H3. The van der Waals surface area contributed by atoms with E-state index in [-0.39, 0.29) is 11.8 Å². The first-order valence-electron chi connectivity index (χ1n) is 7.61. The maximum absolute atomic E-state index is 13.5. The molecule has 0 aliphatic rings. The average molecular weight is 311 g/mol. The van der Waals surface area contributed by atoms with Crippen LogP contribution in [-0.2, 0) is 11.3 Å². The fourth-order valence-electron chi connectivity index (χ4n) is 2.92. The van der Waals surface area contributed by atoms with Crippen LogP contribution in [0.5, 0.6) is 0 Å². The second-order valence-electron chi connectivity index (χ2n) is 5.43. The summed E-state index contributed by atoms with van der Waals surface area (Å²) in [6.45, 7) is 4.43. The first-order chi connectivity index (χ1) is 11.1. The molecule has 0 saturated carbocycles. The Hall–Kier alpha value is -2.62. The number of benzene rings is 2. The normalized spacial score (nSPS) is 10.9. The number of hydrogen-bond donors (Lipinski definition) is 0. The smallest absolute Gasteiger partial charge is 0.355 e. The van der Waals surface area contributed by atoms with E-state index in [1.807, 2.05) is 41.8 Å². The highest BCUT2D eigenvalue weighted by Crippen LogP contribution is 2.27. The van der Waals surface area contributed by atoms with Gasteiger partial charge in [-0.1, -0.05) is 30.3 Å². The number of fused-ring (bicyclic) bond motifs is 1.